The van der Waals surface area contributed by atoms with Gasteiger partial charge >= 0.3 is 0 Å². The van der Waals surface area contributed by atoms with Gasteiger partial charge in [-0.2, -0.15) is 0 Å². The van der Waals surface area contributed by atoms with Gasteiger partial charge in [-0.15, -0.1) is 0 Å². The van der Waals surface area contributed by atoms with Gasteiger partial charge in [0.15, 0.2) is 0 Å². The number of amides is 1. The van der Waals surface area contributed by atoms with Crippen LogP contribution in [0.25, 0.3) is 0 Å². The largest absolute Gasteiger partial charge is 0.382 e. The van der Waals surface area contributed by atoms with Gasteiger partial charge < -0.3 is 15.8 Å². The monoisotopic (exact) mass is 346 g/mol. The lowest BCUT2D eigenvalue weighted by Gasteiger charge is -2.32. The molecule has 0 bridgehead atoms. The highest BCUT2D eigenvalue weighted by atomic mass is 79.9. The molecule has 2 rings (SSSR count). The smallest absolute Gasteiger partial charge is 0.245 e. The molecule has 0 aliphatic heterocycles. The number of carbonyl (C=O) groups excluding carboxylic acids is 1. The van der Waals surface area contributed by atoms with E-state index in [0.717, 1.165) is 23.0 Å². The molecule has 0 radical (unpaired) electrons. The van der Waals surface area contributed by atoms with Crippen LogP contribution in [-0.4, -0.2) is 25.2 Å². The number of carbonyl (C=O) groups is 1. The molecule has 104 valence electrons. The predicted octanol–water partition coefficient (Wildman–Crippen LogP) is 2.79. The van der Waals surface area contributed by atoms with E-state index in [1.165, 1.54) is 0 Å². The molecule has 3 N–H and O–H groups in total. The van der Waals surface area contributed by atoms with Gasteiger partial charge in [0.2, 0.25) is 5.91 Å². The number of hydrogen-bond acceptors (Lipinski definition) is 3. The number of methoxy groups -OCH3 is 1. The summed E-state index contributed by atoms with van der Waals surface area (Å²) in [5, 5.41) is 3.85. The van der Waals surface area contributed by atoms with Crippen molar-refractivity contribution in [3.63, 3.8) is 0 Å². The first-order chi connectivity index (χ1) is 8.99. The number of nitrogens with two attached hydrogens (primary N) is 1. The summed E-state index contributed by atoms with van der Waals surface area (Å²) in [5.41, 5.74) is 5.54. The number of ether oxygens (including phenoxy) is 1. The topological polar surface area (TPSA) is 64.3 Å². The second kappa shape index (κ2) is 5.69. The van der Waals surface area contributed by atoms with Gasteiger partial charge in [0, 0.05) is 17.3 Å². The average Bonchev–Trinajstić information content (AvgIpc) is 3.17. The first-order valence-corrected chi connectivity index (χ1v) is 7.19. The van der Waals surface area contributed by atoms with Crippen molar-refractivity contribution in [2.75, 3.05) is 19.0 Å². The van der Waals surface area contributed by atoms with Gasteiger partial charge in [0.05, 0.1) is 11.6 Å². The van der Waals surface area contributed by atoms with Gasteiger partial charge in [-0.05, 0) is 52.9 Å². The number of primary amides is 1. The van der Waals surface area contributed by atoms with E-state index in [-0.39, 0.29) is 18.4 Å². The Morgan fingerprint density at radius 3 is 2.79 bits per heavy atom. The number of halogens is 2. The minimum Gasteiger partial charge on any atom is -0.382 e. The lowest BCUT2D eigenvalue weighted by atomic mass is 9.92. The Hall–Kier alpha value is -0.780. The molecule has 1 saturated carbocycles. The van der Waals surface area contributed by atoms with Crippen LogP contribution >= 0.6 is 27.5 Å². The van der Waals surface area contributed by atoms with E-state index >= 15 is 0 Å². The SMILES string of the molecule is COCC(Nc1ccc(Cl)c(Br)c1)(C(N)=O)C1CC1. The Kier molecular flexibility index (Phi) is 4.38. The second-order valence-electron chi connectivity index (χ2n) is 4.80. The van der Waals surface area contributed by atoms with Crippen LogP contribution in [0.1, 0.15) is 12.8 Å². The number of benzene rings is 1. The molecule has 19 heavy (non-hydrogen) atoms. The quantitative estimate of drug-likeness (QED) is 0.831. The summed E-state index contributed by atoms with van der Waals surface area (Å²) in [6.45, 7) is 0.257. The molecular weight excluding hydrogens is 332 g/mol. The van der Waals surface area contributed by atoms with Crippen LogP contribution in [-0.2, 0) is 9.53 Å². The standard InChI is InChI=1S/C13H16BrClN2O2/c1-19-7-13(12(16)18,8-2-3-8)17-9-4-5-11(15)10(14)6-9/h4-6,8,17H,2-3,7H2,1H3,(H2,16,18). The molecule has 0 spiro atoms. The maximum absolute atomic E-state index is 11.9. The molecular formula is C13H16BrClN2O2. The van der Waals surface area contributed by atoms with Gasteiger partial charge in [-0.3, -0.25) is 4.79 Å². The summed E-state index contributed by atoms with van der Waals surface area (Å²) in [6, 6.07) is 5.42. The summed E-state index contributed by atoms with van der Waals surface area (Å²) < 4.78 is 5.96. The van der Waals surface area contributed by atoms with Crippen LogP contribution in [0.5, 0.6) is 0 Å². The van der Waals surface area contributed by atoms with Crippen LogP contribution in [0.2, 0.25) is 5.02 Å². The Bertz CT molecular complexity index is 494. The summed E-state index contributed by atoms with van der Waals surface area (Å²) in [6.07, 6.45) is 1.96. The van der Waals surface area contributed by atoms with Crippen LogP contribution in [0, 0.1) is 5.92 Å². The zero-order valence-corrected chi connectivity index (χ0v) is 12.9. The molecule has 0 aromatic heterocycles. The van der Waals surface area contributed by atoms with Crippen molar-refractivity contribution in [2.24, 2.45) is 11.7 Å². The maximum Gasteiger partial charge on any atom is 0.245 e. The van der Waals surface area contributed by atoms with E-state index in [1.54, 1.807) is 13.2 Å². The zero-order chi connectivity index (χ0) is 14.0. The Labute approximate surface area is 125 Å². The fraction of sp³-hybridized carbons (Fsp3) is 0.462. The fourth-order valence-electron chi connectivity index (χ4n) is 2.23. The van der Waals surface area contributed by atoms with Crippen molar-refractivity contribution >= 4 is 39.1 Å². The molecule has 1 amide bonds. The van der Waals surface area contributed by atoms with E-state index in [1.807, 2.05) is 12.1 Å². The van der Waals surface area contributed by atoms with E-state index in [2.05, 4.69) is 21.2 Å². The highest BCUT2D eigenvalue weighted by Gasteiger charge is 2.50. The van der Waals surface area contributed by atoms with Gasteiger partial charge in [-0.1, -0.05) is 11.6 Å². The van der Waals surface area contributed by atoms with Crippen molar-refractivity contribution in [2.45, 2.75) is 18.4 Å². The van der Waals surface area contributed by atoms with Crippen LogP contribution in [0.3, 0.4) is 0 Å². The Morgan fingerprint density at radius 1 is 1.63 bits per heavy atom. The van der Waals surface area contributed by atoms with Crippen molar-refractivity contribution < 1.29 is 9.53 Å². The number of nitrogens with one attached hydrogen (secondary N) is 1. The number of anilines is 1. The molecule has 1 unspecified atom stereocenters. The molecule has 1 fully saturated rings. The second-order valence-corrected chi connectivity index (χ2v) is 6.06. The normalized spacial score (nSPS) is 17.8. The highest BCUT2D eigenvalue weighted by molar-refractivity contribution is 9.10. The molecule has 6 heteroatoms. The highest BCUT2D eigenvalue weighted by Crippen LogP contribution is 2.42. The maximum atomic E-state index is 11.9. The lowest BCUT2D eigenvalue weighted by Crippen LogP contribution is -2.55. The van der Waals surface area contributed by atoms with E-state index in [0.29, 0.717) is 5.02 Å². The third kappa shape index (κ3) is 3.04. The molecule has 1 atom stereocenters. The molecule has 1 aromatic carbocycles. The Balaban J connectivity index is 2.28. The molecule has 0 heterocycles. The summed E-state index contributed by atoms with van der Waals surface area (Å²) in [7, 11) is 1.57. The third-order valence-corrected chi connectivity index (χ3v) is 4.59. The molecule has 0 saturated heterocycles. The molecule has 1 aliphatic rings. The summed E-state index contributed by atoms with van der Waals surface area (Å²) >= 11 is 9.32. The van der Waals surface area contributed by atoms with E-state index < -0.39 is 5.54 Å². The average molecular weight is 348 g/mol. The van der Waals surface area contributed by atoms with Crippen LogP contribution < -0.4 is 11.1 Å². The van der Waals surface area contributed by atoms with Crippen molar-refractivity contribution in [3.05, 3.63) is 27.7 Å². The number of hydrogen-bond donors (Lipinski definition) is 2. The van der Waals surface area contributed by atoms with Crippen LogP contribution in [0.15, 0.2) is 22.7 Å². The fourth-order valence-corrected chi connectivity index (χ4v) is 2.72. The van der Waals surface area contributed by atoms with Gasteiger partial charge in [-0.25, -0.2) is 0 Å². The third-order valence-electron chi connectivity index (χ3n) is 3.37. The van der Waals surface area contributed by atoms with Gasteiger partial charge in [0.25, 0.3) is 0 Å². The molecule has 1 aromatic rings. The first-order valence-electron chi connectivity index (χ1n) is 6.01. The predicted molar refractivity (Wildman–Crippen MR) is 79.3 cm³/mol. The van der Waals surface area contributed by atoms with E-state index in [9.17, 15) is 4.79 Å². The molecule has 4 nitrogen and oxygen atoms in total. The first kappa shape index (κ1) is 14.6. The van der Waals surface area contributed by atoms with E-state index in [4.69, 9.17) is 22.1 Å². The van der Waals surface area contributed by atoms with Crippen molar-refractivity contribution in [1.29, 1.82) is 0 Å². The zero-order valence-electron chi connectivity index (χ0n) is 10.6. The Morgan fingerprint density at radius 2 is 2.32 bits per heavy atom. The van der Waals surface area contributed by atoms with Crippen molar-refractivity contribution in [1.82, 2.24) is 0 Å². The minimum absolute atomic E-state index is 0.222. The summed E-state index contributed by atoms with van der Waals surface area (Å²) in [5.74, 6) is -0.165. The van der Waals surface area contributed by atoms with Gasteiger partial charge in [0.1, 0.15) is 5.54 Å². The van der Waals surface area contributed by atoms with Crippen molar-refractivity contribution in [3.8, 4) is 0 Å². The lowest BCUT2D eigenvalue weighted by molar-refractivity contribution is -0.124. The van der Waals surface area contributed by atoms with Crippen LogP contribution in [0.4, 0.5) is 5.69 Å². The number of rotatable bonds is 6. The molecule has 1 aliphatic carbocycles. The minimum atomic E-state index is -0.845. The summed E-state index contributed by atoms with van der Waals surface area (Å²) in [4.78, 5) is 11.9.